The number of fused-ring (bicyclic) bond motifs is 2. The van der Waals surface area contributed by atoms with E-state index in [9.17, 15) is 9.18 Å². The minimum atomic E-state index is -0.346. The van der Waals surface area contributed by atoms with Gasteiger partial charge in [0.2, 0.25) is 0 Å². The molecule has 25 heavy (non-hydrogen) atoms. The molecular formula is C18H22ClFN4O. The maximum Gasteiger partial charge on any atom is 0.257 e. The molecule has 1 aromatic heterocycles. The number of para-hydroxylation sites is 1. The van der Waals surface area contributed by atoms with Gasteiger partial charge in [-0.2, -0.15) is 5.10 Å². The summed E-state index contributed by atoms with van der Waals surface area (Å²) >= 11 is 0. The van der Waals surface area contributed by atoms with Crippen LogP contribution in [0.1, 0.15) is 35.3 Å². The second-order valence-electron chi connectivity index (χ2n) is 6.60. The predicted molar refractivity (Wildman–Crippen MR) is 96.0 cm³/mol. The second-order valence-corrected chi connectivity index (χ2v) is 6.60. The number of rotatable bonds is 2. The molecule has 134 valence electrons. The highest BCUT2D eigenvalue weighted by Crippen LogP contribution is 2.30. The summed E-state index contributed by atoms with van der Waals surface area (Å²) in [6, 6.07) is 7.03. The van der Waals surface area contributed by atoms with Crippen molar-refractivity contribution in [3.05, 3.63) is 47.5 Å². The van der Waals surface area contributed by atoms with Gasteiger partial charge in [-0.1, -0.05) is 12.1 Å². The highest BCUT2D eigenvalue weighted by molar-refractivity contribution is 5.96. The minimum absolute atomic E-state index is 0. The fourth-order valence-electron chi connectivity index (χ4n) is 3.94. The number of hydrogen-bond donors (Lipinski definition) is 1. The molecule has 0 aliphatic carbocycles. The first-order valence-corrected chi connectivity index (χ1v) is 8.49. The van der Waals surface area contributed by atoms with E-state index in [-0.39, 0.29) is 30.2 Å². The van der Waals surface area contributed by atoms with Gasteiger partial charge in [-0.3, -0.25) is 4.79 Å². The Hall–Kier alpha value is -1.92. The Labute approximate surface area is 152 Å². The molecule has 2 bridgehead atoms. The monoisotopic (exact) mass is 364 g/mol. The van der Waals surface area contributed by atoms with Crippen molar-refractivity contribution in [2.75, 3.05) is 13.1 Å². The molecule has 2 saturated heterocycles. The van der Waals surface area contributed by atoms with Crippen LogP contribution in [0, 0.1) is 12.7 Å². The summed E-state index contributed by atoms with van der Waals surface area (Å²) in [5.74, 6) is -0.326. The van der Waals surface area contributed by atoms with Crippen LogP contribution in [0.5, 0.6) is 0 Å². The Morgan fingerprint density at radius 2 is 2.00 bits per heavy atom. The maximum atomic E-state index is 14.0. The van der Waals surface area contributed by atoms with Gasteiger partial charge in [-0.05, 0) is 44.9 Å². The van der Waals surface area contributed by atoms with E-state index in [1.807, 2.05) is 11.8 Å². The molecule has 2 aromatic rings. The number of halogens is 2. The van der Waals surface area contributed by atoms with E-state index in [1.165, 1.54) is 10.7 Å². The Morgan fingerprint density at radius 1 is 1.24 bits per heavy atom. The first-order chi connectivity index (χ1) is 11.7. The van der Waals surface area contributed by atoms with Crippen LogP contribution >= 0.6 is 12.4 Å². The molecule has 5 nitrogen and oxygen atoms in total. The lowest BCUT2D eigenvalue weighted by Gasteiger charge is -2.27. The van der Waals surface area contributed by atoms with Gasteiger partial charge >= 0.3 is 0 Å². The summed E-state index contributed by atoms with van der Waals surface area (Å²) < 4.78 is 15.6. The van der Waals surface area contributed by atoms with Crippen molar-refractivity contribution in [2.24, 2.45) is 0 Å². The summed E-state index contributed by atoms with van der Waals surface area (Å²) in [6.07, 6.45) is 4.67. The van der Waals surface area contributed by atoms with Gasteiger partial charge in [0.05, 0.1) is 17.5 Å². The summed E-state index contributed by atoms with van der Waals surface area (Å²) in [7, 11) is 0. The molecule has 2 unspecified atom stereocenters. The van der Waals surface area contributed by atoms with Crippen molar-refractivity contribution < 1.29 is 9.18 Å². The molecule has 2 fully saturated rings. The zero-order valence-electron chi connectivity index (χ0n) is 14.1. The van der Waals surface area contributed by atoms with Gasteiger partial charge in [-0.25, -0.2) is 9.07 Å². The lowest BCUT2D eigenvalue weighted by Crippen LogP contribution is -2.42. The number of benzene rings is 1. The van der Waals surface area contributed by atoms with Crippen molar-refractivity contribution in [3.8, 4) is 5.69 Å². The molecule has 2 atom stereocenters. The lowest BCUT2D eigenvalue weighted by atomic mass is 10.1. The molecule has 1 amide bonds. The van der Waals surface area contributed by atoms with Crippen LogP contribution in [-0.2, 0) is 0 Å². The molecule has 0 spiro atoms. The van der Waals surface area contributed by atoms with Crippen LogP contribution in [0.25, 0.3) is 5.69 Å². The quantitative estimate of drug-likeness (QED) is 0.891. The van der Waals surface area contributed by atoms with E-state index in [0.29, 0.717) is 23.0 Å². The maximum absolute atomic E-state index is 14.0. The van der Waals surface area contributed by atoms with Crippen molar-refractivity contribution in [1.29, 1.82) is 0 Å². The third kappa shape index (κ3) is 3.04. The van der Waals surface area contributed by atoms with Gasteiger partial charge in [-0.15, -0.1) is 12.4 Å². The molecule has 1 aromatic carbocycles. The zero-order chi connectivity index (χ0) is 16.7. The van der Waals surface area contributed by atoms with Gasteiger partial charge in [0, 0.05) is 18.6 Å². The Bertz CT molecular complexity index is 764. The largest absolute Gasteiger partial charge is 0.331 e. The van der Waals surface area contributed by atoms with Gasteiger partial charge in [0.15, 0.2) is 0 Å². The fraction of sp³-hybridized carbons (Fsp3) is 0.444. The van der Waals surface area contributed by atoms with E-state index in [4.69, 9.17) is 0 Å². The molecular weight excluding hydrogens is 343 g/mol. The van der Waals surface area contributed by atoms with E-state index < -0.39 is 0 Å². The van der Waals surface area contributed by atoms with Crippen LogP contribution in [0.2, 0.25) is 0 Å². The van der Waals surface area contributed by atoms with E-state index >= 15 is 0 Å². The van der Waals surface area contributed by atoms with E-state index in [2.05, 4.69) is 10.4 Å². The van der Waals surface area contributed by atoms with Crippen molar-refractivity contribution in [1.82, 2.24) is 20.0 Å². The molecule has 2 aliphatic heterocycles. The standard InChI is InChI=1S/C18H21FN4O.ClH/c1-12-15(11-21-23(12)17-5-3-2-4-16(17)19)18(24)22-13-6-7-14(22)10-20-9-8-13;/h2-5,11,13-14,20H,6-10H2,1H3;1H. The summed E-state index contributed by atoms with van der Waals surface area (Å²) in [5.41, 5.74) is 1.62. The average Bonchev–Trinajstić information content (AvgIpc) is 3.06. The lowest BCUT2D eigenvalue weighted by molar-refractivity contribution is 0.0679. The first kappa shape index (κ1) is 17.9. The summed E-state index contributed by atoms with van der Waals surface area (Å²) in [4.78, 5) is 15.1. The van der Waals surface area contributed by atoms with E-state index in [0.717, 1.165) is 32.4 Å². The van der Waals surface area contributed by atoms with Crippen LogP contribution < -0.4 is 5.32 Å². The highest BCUT2D eigenvalue weighted by atomic mass is 35.5. The van der Waals surface area contributed by atoms with Crippen LogP contribution in [0.3, 0.4) is 0 Å². The number of carbonyl (C=O) groups excluding carboxylic acids is 1. The summed E-state index contributed by atoms with van der Waals surface area (Å²) in [5, 5.41) is 7.67. The number of hydrogen-bond acceptors (Lipinski definition) is 3. The first-order valence-electron chi connectivity index (χ1n) is 8.49. The number of nitrogens with zero attached hydrogens (tertiary/aromatic N) is 3. The van der Waals surface area contributed by atoms with Crippen molar-refractivity contribution in [3.63, 3.8) is 0 Å². The molecule has 2 aliphatic rings. The molecule has 7 heteroatoms. The third-order valence-electron chi connectivity index (χ3n) is 5.21. The van der Waals surface area contributed by atoms with Crippen molar-refractivity contribution >= 4 is 18.3 Å². The third-order valence-corrected chi connectivity index (χ3v) is 5.21. The van der Waals surface area contributed by atoms with Gasteiger partial charge in [0.1, 0.15) is 11.5 Å². The molecule has 1 N–H and O–H groups in total. The Balaban J connectivity index is 0.00000182. The Morgan fingerprint density at radius 3 is 2.80 bits per heavy atom. The number of carbonyl (C=O) groups is 1. The second kappa shape index (κ2) is 7.14. The topological polar surface area (TPSA) is 50.2 Å². The average molecular weight is 365 g/mol. The minimum Gasteiger partial charge on any atom is -0.331 e. The number of aromatic nitrogens is 2. The molecule has 0 saturated carbocycles. The molecule has 0 radical (unpaired) electrons. The number of amides is 1. The van der Waals surface area contributed by atoms with Gasteiger partial charge < -0.3 is 10.2 Å². The zero-order valence-corrected chi connectivity index (χ0v) is 14.9. The highest BCUT2D eigenvalue weighted by Gasteiger charge is 2.39. The van der Waals surface area contributed by atoms with Crippen LogP contribution in [0.15, 0.2) is 30.5 Å². The fourth-order valence-corrected chi connectivity index (χ4v) is 3.94. The predicted octanol–water partition coefficient (Wildman–Crippen LogP) is 2.71. The molecule has 3 heterocycles. The van der Waals surface area contributed by atoms with E-state index in [1.54, 1.807) is 24.4 Å². The van der Waals surface area contributed by atoms with Crippen LogP contribution in [-0.4, -0.2) is 45.8 Å². The smallest absolute Gasteiger partial charge is 0.257 e. The SMILES string of the molecule is Cc1c(C(=O)N2C3CCNCC2CC3)cnn1-c1ccccc1F.Cl. The molecule has 4 rings (SSSR count). The van der Waals surface area contributed by atoms with Crippen molar-refractivity contribution in [2.45, 2.75) is 38.3 Å². The van der Waals surface area contributed by atoms with Gasteiger partial charge in [0.25, 0.3) is 5.91 Å². The number of nitrogens with one attached hydrogen (secondary N) is 1. The van der Waals surface area contributed by atoms with Crippen LogP contribution in [0.4, 0.5) is 4.39 Å². The summed E-state index contributed by atoms with van der Waals surface area (Å²) in [6.45, 7) is 3.63. The normalized spacial score (nSPS) is 22.4. The Kier molecular flexibility index (Phi) is 5.11.